The Labute approximate surface area is 151 Å². The molecule has 0 saturated heterocycles. The van der Waals surface area contributed by atoms with E-state index in [0.717, 1.165) is 17.8 Å². The summed E-state index contributed by atoms with van der Waals surface area (Å²) >= 11 is 0. The lowest BCUT2D eigenvalue weighted by molar-refractivity contribution is 0.0366. The van der Waals surface area contributed by atoms with Crippen molar-refractivity contribution in [2.24, 2.45) is 23.2 Å². The molecule has 0 radical (unpaired) electrons. The summed E-state index contributed by atoms with van der Waals surface area (Å²) in [4.78, 5) is 0. The van der Waals surface area contributed by atoms with Crippen LogP contribution in [0.1, 0.15) is 117 Å². The third-order valence-electron chi connectivity index (χ3n) is 7.13. The Kier molecular flexibility index (Phi) is 8.65. The summed E-state index contributed by atoms with van der Waals surface area (Å²) in [6.45, 7) is 4.58. The molecule has 2 aliphatic carbocycles. The lowest BCUT2D eigenvalue weighted by atomic mass is 9.55. The van der Waals surface area contributed by atoms with Gasteiger partial charge < -0.3 is 0 Å². The molecule has 0 aromatic rings. The normalized spacial score (nSPS) is 33.0. The molecule has 0 spiro atoms. The molecule has 4 atom stereocenters. The van der Waals surface area contributed by atoms with Crippen molar-refractivity contribution in [1.29, 1.82) is 5.26 Å². The van der Waals surface area contributed by atoms with Crippen LogP contribution in [-0.4, -0.2) is 0 Å². The van der Waals surface area contributed by atoms with Crippen LogP contribution in [0, 0.1) is 34.5 Å². The summed E-state index contributed by atoms with van der Waals surface area (Å²) in [5.74, 6) is 2.49. The number of hydrogen-bond acceptors (Lipinski definition) is 1. The number of hydrogen-bond donors (Lipinski definition) is 0. The molecule has 0 heterocycles. The van der Waals surface area contributed by atoms with E-state index in [1.165, 1.54) is 103 Å². The maximum atomic E-state index is 9.99. The molecule has 2 saturated carbocycles. The van der Waals surface area contributed by atoms with Crippen LogP contribution < -0.4 is 0 Å². The lowest BCUT2D eigenvalue weighted by Crippen LogP contribution is -2.40. The molecule has 0 bridgehead atoms. The van der Waals surface area contributed by atoms with Gasteiger partial charge in [0.25, 0.3) is 0 Å². The monoisotopic (exact) mass is 331 g/mol. The van der Waals surface area contributed by atoms with Crippen molar-refractivity contribution in [3.05, 3.63) is 0 Å². The molecule has 138 valence electrons. The fourth-order valence-electron chi connectivity index (χ4n) is 5.55. The standard InChI is InChI=1S/C23H41N/c1-3-5-7-8-10-12-21-13-14-22-17-20(11-9-6-4-2)15-16-23(22,18-21)19-24/h20-22H,3-18H2,1-2H3/t20?,21-,22-,23?/m1/s1. The molecule has 2 aliphatic rings. The average molecular weight is 332 g/mol. The second kappa shape index (κ2) is 10.5. The number of nitriles is 1. The maximum Gasteiger partial charge on any atom is 0.0692 e. The van der Waals surface area contributed by atoms with Gasteiger partial charge in [-0.1, -0.05) is 84.5 Å². The second-order valence-electron chi connectivity index (χ2n) is 8.95. The number of nitrogens with zero attached hydrogens (tertiary/aromatic N) is 1. The summed E-state index contributed by atoms with van der Waals surface area (Å²) in [6.07, 6.45) is 21.8. The minimum atomic E-state index is 0.0631. The van der Waals surface area contributed by atoms with E-state index < -0.39 is 0 Å². The smallest absolute Gasteiger partial charge is 0.0692 e. The molecule has 2 fully saturated rings. The van der Waals surface area contributed by atoms with Crippen LogP contribution >= 0.6 is 0 Å². The van der Waals surface area contributed by atoms with Gasteiger partial charge in [-0.3, -0.25) is 0 Å². The highest BCUT2D eigenvalue weighted by molar-refractivity contribution is 5.08. The minimum Gasteiger partial charge on any atom is -0.198 e. The first kappa shape index (κ1) is 19.8. The predicted octanol–water partition coefficient (Wildman–Crippen LogP) is 7.65. The fraction of sp³-hybridized carbons (Fsp3) is 0.957. The quantitative estimate of drug-likeness (QED) is 0.377. The van der Waals surface area contributed by atoms with E-state index in [9.17, 15) is 5.26 Å². The Balaban J connectivity index is 1.77. The van der Waals surface area contributed by atoms with Crippen LogP contribution in [0.3, 0.4) is 0 Å². The third-order valence-corrected chi connectivity index (χ3v) is 7.13. The molecule has 0 aromatic carbocycles. The van der Waals surface area contributed by atoms with E-state index in [1.54, 1.807) is 0 Å². The highest BCUT2D eigenvalue weighted by Gasteiger charge is 2.47. The maximum absolute atomic E-state index is 9.99. The summed E-state index contributed by atoms with van der Waals surface area (Å²) in [5, 5.41) is 9.99. The van der Waals surface area contributed by atoms with Crippen molar-refractivity contribution in [3.8, 4) is 6.07 Å². The van der Waals surface area contributed by atoms with Crippen molar-refractivity contribution < 1.29 is 0 Å². The van der Waals surface area contributed by atoms with Crippen molar-refractivity contribution in [3.63, 3.8) is 0 Å². The Morgan fingerprint density at radius 3 is 2.25 bits per heavy atom. The number of rotatable bonds is 10. The van der Waals surface area contributed by atoms with Crippen molar-refractivity contribution in [1.82, 2.24) is 0 Å². The molecule has 24 heavy (non-hydrogen) atoms. The molecule has 0 N–H and O–H groups in total. The Morgan fingerprint density at radius 1 is 0.833 bits per heavy atom. The van der Waals surface area contributed by atoms with Crippen LogP contribution in [0.15, 0.2) is 0 Å². The molecule has 2 rings (SSSR count). The van der Waals surface area contributed by atoms with Gasteiger partial charge in [0, 0.05) is 0 Å². The molecule has 0 aromatic heterocycles. The first-order chi connectivity index (χ1) is 11.7. The van der Waals surface area contributed by atoms with Gasteiger partial charge in [0.2, 0.25) is 0 Å². The van der Waals surface area contributed by atoms with Crippen LogP contribution in [0.4, 0.5) is 0 Å². The van der Waals surface area contributed by atoms with Gasteiger partial charge in [-0.2, -0.15) is 5.26 Å². The SMILES string of the molecule is CCCCCCC[C@@H]1CC[C@@H]2CC(CCCCC)CCC2(C#N)C1. The summed E-state index contributed by atoms with van der Waals surface area (Å²) < 4.78 is 0. The molecule has 1 nitrogen and oxygen atoms in total. The molecular weight excluding hydrogens is 290 g/mol. The van der Waals surface area contributed by atoms with Crippen molar-refractivity contribution >= 4 is 0 Å². The molecule has 1 heteroatoms. The summed E-state index contributed by atoms with van der Waals surface area (Å²) in [7, 11) is 0. The van der Waals surface area contributed by atoms with Gasteiger partial charge in [0.15, 0.2) is 0 Å². The van der Waals surface area contributed by atoms with E-state index in [4.69, 9.17) is 0 Å². The zero-order chi connectivity index (χ0) is 17.3. The zero-order valence-electron chi connectivity index (χ0n) is 16.5. The van der Waals surface area contributed by atoms with E-state index in [-0.39, 0.29) is 5.41 Å². The summed E-state index contributed by atoms with van der Waals surface area (Å²) in [6, 6.07) is 2.85. The molecule has 0 amide bonds. The largest absolute Gasteiger partial charge is 0.198 e. The van der Waals surface area contributed by atoms with Crippen molar-refractivity contribution in [2.75, 3.05) is 0 Å². The van der Waals surface area contributed by atoms with Gasteiger partial charge in [-0.25, -0.2) is 0 Å². The van der Waals surface area contributed by atoms with Gasteiger partial charge in [0.1, 0.15) is 0 Å². The Bertz CT molecular complexity index is 382. The molecule has 2 unspecified atom stereocenters. The first-order valence-electron chi connectivity index (χ1n) is 11.1. The summed E-state index contributed by atoms with van der Waals surface area (Å²) in [5.41, 5.74) is 0.0631. The highest BCUT2D eigenvalue weighted by atomic mass is 14.5. The van der Waals surface area contributed by atoms with Crippen LogP contribution in [0.2, 0.25) is 0 Å². The highest BCUT2D eigenvalue weighted by Crippen LogP contribution is 2.54. The number of fused-ring (bicyclic) bond motifs is 1. The Morgan fingerprint density at radius 2 is 1.50 bits per heavy atom. The van der Waals surface area contributed by atoms with Gasteiger partial charge in [-0.05, 0) is 49.9 Å². The van der Waals surface area contributed by atoms with Gasteiger partial charge >= 0.3 is 0 Å². The topological polar surface area (TPSA) is 23.8 Å². The lowest BCUT2D eigenvalue weighted by Gasteiger charge is -2.48. The fourth-order valence-corrected chi connectivity index (χ4v) is 5.55. The first-order valence-corrected chi connectivity index (χ1v) is 11.1. The Hall–Kier alpha value is -0.510. The van der Waals surface area contributed by atoms with E-state index in [2.05, 4.69) is 19.9 Å². The second-order valence-corrected chi connectivity index (χ2v) is 8.95. The van der Waals surface area contributed by atoms with E-state index in [0.29, 0.717) is 0 Å². The third kappa shape index (κ3) is 5.50. The van der Waals surface area contributed by atoms with Gasteiger partial charge in [-0.15, -0.1) is 0 Å². The van der Waals surface area contributed by atoms with E-state index >= 15 is 0 Å². The predicted molar refractivity (Wildman–Crippen MR) is 104 cm³/mol. The molecule has 0 aliphatic heterocycles. The molecular formula is C23H41N. The van der Waals surface area contributed by atoms with Crippen molar-refractivity contribution in [2.45, 2.75) is 117 Å². The van der Waals surface area contributed by atoms with Crippen LogP contribution in [-0.2, 0) is 0 Å². The van der Waals surface area contributed by atoms with Crippen LogP contribution in [0.25, 0.3) is 0 Å². The minimum absolute atomic E-state index is 0.0631. The average Bonchev–Trinajstić information content (AvgIpc) is 2.61. The van der Waals surface area contributed by atoms with Gasteiger partial charge in [0.05, 0.1) is 11.5 Å². The van der Waals surface area contributed by atoms with E-state index in [1.807, 2.05) is 0 Å². The number of unbranched alkanes of at least 4 members (excludes halogenated alkanes) is 6. The zero-order valence-corrected chi connectivity index (χ0v) is 16.5. The van der Waals surface area contributed by atoms with Crippen LogP contribution in [0.5, 0.6) is 0 Å².